The summed E-state index contributed by atoms with van der Waals surface area (Å²) < 4.78 is 5.28. The highest BCUT2D eigenvalue weighted by Gasteiger charge is 2.52. The number of halogens is 1. The monoisotopic (exact) mass is 440 g/mol. The van der Waals surface area contributed by atoms with Crippen LogP contribution in [-0.4, -0.2) is 57.4 Å². The molecule has 0 aliphatic carbocycles. The third-order valence-electron chi connectivity index (χ3n) is 5.37. The van der Waals surface area contributed by atoms with Crippen molar-refractivity contribution in [2.75, 3.05) is 13.1 Å². The highest BCUT2D eigenvalue weighted by Crippen LogP contribution is 2.40. The van der Waals surface area contributed by atoms with E-state index < -0.39 is 28.9 Å². The number of benzene rings is 1. The fourth-order valence-corrected chi connectivity index (χ4v) is 3.79. The van der Waals surface area contributed by atoms with Crippen molar-refractivity contribution in [2.24, 2.45) is 5.92 Å². The van der Waals surface area contributed by atoms with Crippen LogP contribution in [0.2, 0.25) is 5.02 Å². The summed E-state index contributed by atoms with van der Waals surface area (Å²) in [4.78, 5) is 26.8. The van der Waals surface area contributed by atoms with Crippen LogP contribution in [0.3, 0.4) is 0 Å². The molecule has 0 bridgehead atoms. The fraction of sp³-hybridized carbons (Fsp3) is 0.636. The summed E-state index contributed by atoms with van der Waals surface area (Å²) in [5, 5.41) is 25.5. The molecule has 2 rings (SSSR count). The average molecular weight is 441 g/mol. The van der Waals surface area contributed by atoms with E-state index in [0.717, 1.165) is 0 Å². The number of hydrogen-bond acceptors (Lipinski definition) is 5. The number of amides is 2. The van der Waals surface area contributed by atoms with E-state index in [-0.39, 0.29) is 31.3 Å². The molecule has 0 radical (unpaired) electrons. The lowest BCUT2D eigenvalue weighted by atomic mass is 9.73. The molecule has 0 spiro atoms. The average Bonchev–Trinajstić information content (AvgIpc) is 2.60. The van der Waals surface area contributed by atoms with Crippen LogP contribution in [-0.2, 0) is 15.1 Å². The molecule has 168 valence electrons. The first kappa shape index (κ1) is 24.4. The Kier molecular flexibility index (Phi) is 7.11. The second-order valence-electron chi connectivity index (χ2n) is 9.52. The van der Waals surface area contributed by atoms with Gasteiger partial charge in [0.15, 0.2) is 0 Å². The van der Waals surface area contributed by atoms with Gasteiger partial charge in [-0.2, -0.15) is 0 Å². The normalized spacial score (nSPS) is 25.7. The number of piperidine rings is 1. The number of carbonyl (C=O) groups excluding carboxylic acids is 2. The van der Waals surface area contributed by atoms with Crippen molar-refractivity contribution < 1.29 is 24.5 Å². The lowest BCUT2D eigenvalue weighted by molar-refractivity contribution is -0.191. The minimum absolute atomic E-state index is 0.0792. The SMILES string of the molecule is CC(C)C(NC(=O)OC(C)(C)C)C(=O)N1CC[C@](O)(c2ccc(Cl)cc2)[C@@](C)(O)C1. The molecule has 1 aliphatic rings. The Morgan fingerprint density at radius 1 is 1.20 bits per heavy atom. The molecule has 8 heteroatoms. The van der Waals surface area contributed by atoms with Crippen molar-refractivity contribution in [3.8, 4) is 0 Å². The molecule has 3 N–H and O–H groups in total. The first-order chi connectivity index (χ1) is 13.7. The van der Waals surface area contributed by atoms with Crippen LogP contribution in [0.4, 0.5) is 4.79 Å². The number of nitrogens with zero attached hydrogens (tertiary/aromatic N) is 1. The second-order valence-corrected chi connectivity index (χ2v) is 9.96. The van der Waals surface area contributed by atoms with E-state index in [1.54, 1.807) is 45.0 Å². The minimum atomic E-state index is -1.60. The molecule has 3 atom stereocenters. The van der Waals surface area contributed by atoms with Crippen LogP contribution >= 0.6 is 11.6 Å². The van der Waals surface area contributed by atoms with Crippen LogP contribution < -0.4 is 5.32 Å². The van der Waals surface area contributed by atoms with Gasteiger partial charge in [-0.1, -0.05) is 37.6 Å². The molecular weight excluding hydrogens is 408 g/mol. The van der Waals surface area contributed by atoms with Crippen molar-refractivity contribution >= 4 is 23.6 Å². The van der Waals surface area contributed by atoms with E-state index in [4.69, 9.17) is 16.3 Å². The van der Waals surface area contributed by atoms with E-state index in [1.165, 1.54) is 11.8 Å². The maximum absolute atomic E-state index is 13.2. The number of alkyl carbamates (subject to hydrolysis) is 1. The first-order valence-corrected chi connectivity index (χ1v) is 10.5. The number of β-amino-alcohol motifs (C(OH)–C–C–N with tert-alkyl or cyclic N) is 1. The van der Waals surface area contributed by atoms with Crippen LogP contribution in [0, 0.1) is 5.92 Å². The van der Waals surface area contributed by atoms with Gasteiger partial charge in [0.05, 0.1) is 6.54 Å². The molecule has 1 aromatic rings. The maximum atomic E-state index is 13.2. The molecule has 0 saturated carbocycles. The Hall–Kier alpha value is -1.83. The molecule has 30 heavy (non-hydrogen) atoms. The quantitative estimate of drug-likeness (QED) is 0.668. The molecule has 1 unspecified atom stereocenters. The molecule has 0 aromatic heterocycles. The van der Waals surface area contributed by atoms with E-state index in [0.29, 0.717) is 10.6 Å². The molecule has 7 nitrogen and oxygen atoms in total. The molecule has 1 aromatic carbocycles. The van der Waals surface area contributed by atoms with E-state index in [9.17, 15) is 19.8 Å². The molecule has 2 amide bonds. The standard InChI is InChI=1S/C22H33ClN2O5/c1-14(2)17(24-19(27)30-20(3,4)5)18(26)25-12-11-22(29,21(6,28)13-25)15-7-9-16(23)10-8-15/h7-10,14,17,28-29H,11-13H2,1-6H3,(H,24,27)/t17?,21-,22-/m0/s1. The van der Waals surface area contributed by atoms with Gasteiger partial charge in [0, 0.05) is 18.0 Å². The molecular formula is C22H33ClN2O5. The second kappa shape index (κ2) is 8.73. The number of aliphatic hydroxyl groups is 2. The zero-order chi connectivity index (χ0) is 22.9. The Morgan fingerprint density at radius 3 is 2.23 bits per heavy atom. The van der Waals surface area contributed by atoms with Crippen molar-refractivity contribution in [1.82, 2.24) is 10.2 Å². The number of rotatable bonds is 4. The first-order valence-electron chi connectivity index (χ1n) is 10.2. The van der Waals surface area contributed by atoms with Crippen LogP contribution in [0.25, 0.3) is 0 Å². The van der Waals surface area contributed by atoms with Gasteiger partial charge in [-0.05, 0) is 51.3 Å². The van der Waals surface area contributed by atoms with Gasteiger partial charge in [-0.3, -0.25) is 4.79 Å². The molecule has 1 fully saturated rings. The zero-order valence-corrected chi connectivity index (χ0v) is 19.3. The Balaban J connectivity index is 2.17. The summed E-state index contributed by atoms with van der Waals surface area (Å²) in [5.41, 5.74) is -3.27. The van der Waals surface area contributed by atoms with Crippen LogP contribution in [0.5, 0.6) is 0 Å². The summed E-state index contributed by atoms with van der Waals surface area (Å²) in [6, 6.07) is 5.85. The summed E-state index contributed by atoms with van der Waals surface area (Å²) in [6.07, 6.45) is -0.527. The molecule has 1 saturated heterocycles. The van der Waals surface area contributed by atoms with E-state index in [2.05, 4.69) is 5.32 Å². The number of nitrogens with one attached hydrogen (secondary N) is 1. The molecule has 1 heterocycles. The largest absolute Gasteiger partial charge is 0.444 e. The lowest BCUT2D eigenvalue weighted by Crippen LogP contribution is -2.64. The van der Waals surface area contributed by atoms with Gasteiger partial charge in [0.1, 0.15) is 22.8 Å². The van der Waals surface area contributed by atoms with E-state index in [1.807, 2.05) is 13.8 Å². The van der Waals surface area contributed by atoms with Crippen molar-refractivity contribution in [2.45, 2.75) is 70.8 Å². The number of ether oxygens (including phenoxy) is 1. The maximum Gasteiger partial charge on any atom is 0.408 e. The van der Waals surface area contributed by atoms with Gasteiger partial charge in [-0.25, -0.2) is 4.79 Å². The highest BCUT2D eigenvalue weighted by molar-refractivity contribution is 6.30. The Bertz CT molecular complexity index is 773. The van der Waals surface area contributed by atoms with Crippen molar-refractivity contribution in [1.29, 1.82) is 0 Å². The van der Waals surface area contributed by atoms with Crippen LogP contribution in [0.1, 0.15) is 53.5 Å². The van der Waals surface area contributed by atoms with Gasteiger partial charge in [0.2, 0.25) is 5.91 Å². The lowest BCUT2D eigenvalue weighted by Gasteiger charge is -2.49. The van der Waals surface area contributed by atoms with Crippen molar-refractivity contribution in [3.63, 3.8) is 0 Å². The van der Waals surface area contributed by atoms with Crippen LogP contribution in [0.15, 0.2) is 24.3 Å². The Labute approximate surface area is 183 Å². The number of hydrogen-bond donors (Lipinski definition) is 3. The predicted octanol–water partition coefficient (Wildman–Crippen LogP) is 3.06. The van der Waals surface area contributed by atoms with E-state index >= 15 is 0 Å². The smallest absolute Gasteiger partial charge is 0.408 e. The van der Waals surface area contributed by atoms with Gasteiger partial charge in [0.25, 0.3) is 0 Å². The Morgan fingerprint density at radius 2 is 1.77 bits per heavy atom. The summed E-state index contributed by atoms with van der Waals surface area (Å²) in [6.45, 7) is 10.6. The number of carbonyl (C=O) groups is 2. The fourth-order valence-electron chi connectivity index (χ4n) is 3.66. The summed E-state index contributed by atoms with van der Waals surface area (Å²) in [5.74, 6) is -0.513. The predicted molar refractivity (Wildman–Crippen MR) is 115 cm³/mol. The van der Waals surface area contributed by atoms with Gasteiger partial charge < -0.3 is 25.2 Å². The number of likely N-dealkylation sites (tertiary alicyclic amines) is 1. The third-order valence-corrected chi connectivity index (χ3v) is 5.62. The minimum Gasteiger partial charge on any atom is -0.444 e. The topological polar surface area (TPSA) is 99.1 Å². The third kappa shape index (κ3) is 5.45. The van der Waals surface area contributed by atoms with Crippen molar-refractivity contribution in [3.05, 3.63) is 34.9 Å². The zero-order valence-electron chi connectivity index (χ0n) is 18.5. The summed E-state index contributed by atoms with van der Waals surface area (Å²) >= 11 is 5.94. The van der Waals surface area contributed by atoms with Gasteiger partial charge >= 0.3 is 6.09 Å². The highest BCUT2D eigenvalue weighted by atomic mass is 35.5. The molecule has 1 aliphatic heterocycles. The summed E-state index contributed by atoms with van der Waals surface area (Å²) in [7, 11) is 0. The van der Waals surface area contributed by atoms with Gasteiger partial charge in [-0.15, -0.1) is 0 Å².